The van der Waals surface area contributed by atoms with Crippen LogP contribution in [0.1, 0.15) is 5.56 Å². The summed E-state index contributed by atoms with van der Waals surface area (Å²) < 4.78 is 33.8. The molecular formula is C22H15BrF3N3O3S. The van der Waals surface area contributed by atoms with Gasteiger partial charge in [-0.2, -0.15) is 13.2 Å². The summed E-state index contributed by atoms with van der Waals surface area (Å²) in [6.07, 6.45) is -1.20. The third-order valence-electron chi connectivity index (χ3n) is 4.17. The van der Waals surface area contributed by atoms with Crippen LogP contribution in [-0.4, -0.2) is 33.1 Å². The van der Waals surface area contributed by atoms with Gasteiger partial charge in [-0.3, -0.25) is 9.78 Å². The van der Waals surface area contributed by atoms with Gasteiger partial charge < -0.3 is 10.4 Å². The molecule has 2 heterocycles. The fourth-order valence-electron chi connectivity index (χ4n) is 2.65. The molecule has 170 valence electrons. The lowest BCUT2D eigenvalue weighted by Gasteiger charge is -2.02. The van der Waals surface area contributed by atoms with Crippen LogP contribution in [0.25, 0.3) is 21.3 Å². The van der Waals surface area contributed by atoms with Gasteiger partial charge in [0.05, 0.1) is 16.6 Å². The Kier molecular flexibility index (Phi) is 7.77. The van der Waals surface area contributed by atoms with Crippen molar-refractivity contribution >= 4 is 54.5 Å². The lowest BCUT2D eigenvalue weighted by atomic mass is 10.1. The van der Waals surface area contributed by atoms with Crippen molar-refractivity contribution < 1.29 is 27.9 Å². The van der Waals surface area contributed by atoms with Crippen molar-refractivity contribution in [2.75, 3.05) is 5.32 Å². The molecule has 4 rings (SSSR count). The Hall–Kier alpha value is -3.31. The first-order chi connectivity index (χ1) is 15.6. The van der Waals surface area contributed by atoms with Gasteiger partial charge in [-0.1, -0.05) is 45.5 Å². The molecule has 2 aromatic heterocycles. The summed E-state index contributed by atoms with van der Waals surface area (Å²) in [5, 5.41) is 10.6. The van der Waals surface area contributed by atoms with Crippen molar-refractivity contribution in [2.45, 2.75) is 12.6 Å². The van der Waals surface area contributed by atoms with Gasteiger partial charge in [0, 0.05) is 16.9 Å². The molecule has 33 heavy (non-hydrogen) atoms. The number of hydrogen-bond donors (Lipinski definition) is 2. The zero-order valence-electron chi connectivity index (χ0n) is 16.6. The highest BCUT2D eigenvalue weighted by Gasteiger charge is 2.38. The van der Waals surface area contributed by atoms with Crippen molar-refractivity contribution in [3.63, 3.8) is 0 Å². The zero-order chi connectivity index (χ0) is 24.0. The maximum absolute atomic E-state index is 12.3. The smallest absolute Gasteiger partial charge is 0.475 e. The number of amides is 1. The van der Waals surface area contributed by atoms with Gasteiger partial charge in [0.15, 0.2) is 5.13 Å². The molecule has 0 aliphatic rings. The number of pyridine rings is 1. The number of carboxylic acids is 1. The number of benzene rings is 2. The van der Waals surface area contributed by atoms with Crippen LogP contribution in [0.2, 0.25) is 0 Å². The largest absolute Gasteiger partial charge is 0.490 e. The zero-order valence-corrected chi connectivity index (χ0v) is 19.0. The molecule has 0 aliphatic heterocycles. The summed E-state index contributed by atoms with van der Waals surface area (Å²) in [7, 11) is 0. The lowest BCUT2D eigenvalue weighted by Crippen LogP contribution is -2.21. The van der Waals surface area contributed by atoms with E-state index < -0.39 is 12.1 Å². The normalized spacial score (nSPS) is 10.9. The Morgan fingerprint density at radius 3 is 2.24 bits per heavy atom. The monoisotopic (exact) mass is 537 g/mol. The topological polar surface area (TPSA) is 92.2 Å². The highest BCUT2D eigenvalue weighted by molar-refractivity contribution is 9.10. The van der Waals surface area contributed by atoms with E-state index in [-0.39, 0.29) is 5.91 Å². The average Bonchev–Trinajstić information content (AvgIpc) is 3.17. The predicted octanol–water partition coefficient (Wildman–Crippen LogP) is 5.94. The molecule has 2 N–H and O–H groups in total. The molecule has 6 nitrogen and oxygen atoms in total. The van der Waals surface area contributed by atoms with Crippen LogP contribution < -0.4 is 5.32 Å². The number of anilines is 1. The molecule has 0 aliphatic carbocycles. The van der Waals surface area contributed by atoms with E-state index in [9.17, 15) is 18.0 Å². The molecule has 0 radical (unpaired) electrons. The van der Waals surface area contributed by atoms with Gasteiger partial charge >= 0.3 is 12.1 Å². The summed E-state index contributed by atoms with van der Waals surface area (Å²) in [4.78, 5) is 29.7. The highest BCUT2D eigenvalue weighted by Crippen LogP contribution is 2.30. The quantitative estimate of drug-likeness (QED) is 0.336. The summed E-state index contributed by atoms with van der Waals surface area (Å²) >= 11 is 4.88. The highest BCUT2D eigenvalue weighted by atomic mass is 79.9. The molecule has 0 saturated carbocycles. The van der Waals surface area contributed by atoms with Crippen LogP contribution in [0.15, 0.2) is 71.5 Å². The predicted molar refractivity (Wildman–Crippen MR) is 123 cm³/mol. The van der Waals surface area contributed by atoms with Gasteiger partial charge in [0.1, 0.15) is 0 Å². The van der Waals surface area contributed by atoms with E-state index in [2.05, 4.69) is 37.3 Å². The summed E-state index contributed by atoms with van der Waals surface area (Å²) in [6, 6.07) is 17.8. The Morgan fingerprint density at radius 1 is 1.00 bits per heavy atom. The molecule has 0 unspecified atom stereocenters. The van der Waals surface area contributed by atoms with Gasteiger partial charge in [-0.15, -0.1) is 0 Å². The van der Waals surface area contributed by atoms with Gasteiger partial charge in [-0.05, 0) is 53.1 Å². The molecule has 0 bridgehead atoms. The second kappa shape index (κ2) is 10.5. The first-order valence-electron chi connectivity index (χ1n) is 9.27. The van der Waals surface area contributed by atoms with Crippen molar-refractivity contribution in [3.05, 3.63) is 77.0 Å². The van der Waals surface area contributed by atoms with E-state index in [4.69, 9.17) is 9.90 Å². The standard InChI is InChI=1S/C20H14BrN3OS.C2HF3O2/c21-16-4-1-13(2-5-16)11-19(25)24-20-23-17-6-3-15(12-18(17)26-20)14-7-9-22-10-8-14;3-2(4,5)1(6)7/h1-10,12H,11H2,(H,23,24,25);(H,6,7). The van der Waals surface area contributed by atoms with Crippen molar-refractivity contribution in [3.8, 4) is 11.1 Å². The molecule has 0 fully saturated rings. The van der Waals surface area contributed by atoms with E-state index in [1.54, 1.807) is 12.4 Å². The average molecular weight is 538 g/mol. The summed E-state index contributed by atoms with van der Waals surface area (Å²) in [5.74, 6) is -2.83. The lowest BCUT2D eigenvalue weighted by molar-refractivity contribution is -0.192. The number of alkyl halides is 3. The molecule has 0 saturated heterocycles. The van der Waals surface area contributed by atoms with E-state index in [0.29, 0.717) is 11.6 Å². The van der Waals surface area contributed by atoms with Crippen LogP contribution in [0, 0.1) is 0 Å². The Morgan fingerprint density at radius 2 is 1.64 bits per heavy atom. The van der Waals surface area contributed by atoms with Crippen molar-refractivity contribution in [1.82, 2.24) is 9.97 Å². The number of thiazole rings is 1. The second-order valence-electron chi connectivity index (χ2n) is 6.59. The number of nitrogens with one attached hydrogen (secondary N) is 1. The maximum atomic E-state index is 12.3. The van der Waals surface area contributed by atoms with Crippen molar-refractivity contribution in [1.29, 1.82) is 0 Å². The fraction of sp³-hybridized carbons (Fsp3) is 0.0909. The molecule has 1 amide bonds. The molecule has 4 aromatic rings. The number of hydrogen-bond acceptors (Lipinski definition) is 5. The maximum Gasteiger partial charge on any atom is 0.490 e. The van der Waals surface area contributed by atoms with Crippen LogP contribution in [0.5, 0.6) is 0 Å². The Bertz CT molecular complexity index is 1260. The molecule has 2 aromatic carbocycles. The number of rotatable bonds is 4. The van der Waals surface area contributed by atoms with Crippen molar-refractivity contribution in [2.24, 2.45) is 0 Å². The molecular weight excluding hydrogens is 523 g/mol. The van der Waals surface area contributed by atoms with Gasteiger partial charge in [-0.25, -0.2) is 9.78 Å². The van der Waals surface area contributed by atoms with E-state index in [0.717, 1.165) is 31.4 Å². The van der Waals surface area contributed by atoms with Gasteiger partial charge in [0.25, 0.3) is 0 Å². The number of nitrogens with zero attached hydrogens (tertiary/aromatic N) is 2. The summed E-state index contributed by atoms with van der Waals surface area (Å²) in [5.41, 5.74) is 4.06. The van der Waals surface area contributed by atoms with E-state index in [1.807, 2.05) is 48.5 Å². The van der Waals surface area contributed by atoms with Crippen LogP contribution in [-0.2, 0) is 16.0 Å². The first kappa shape index (κ1) is 24.3. The van der Waals surface area contributed by atoms with E-state index >= 15 is 0 Å². The number of aromatic nitrogens is 2. The number of carbonyl (C=O) groups excluding carboxylic acids is 1. The van der Waals surface area contributed by atoms with Crippen LogP contribution in [0.4, 0.5) is 18.3 Å². The minimum Gasteiger partial charge on any atom is -0.475 e. The molecule has 0 atom stereocenters. The minimum absolute atomic E-state index is 0.0688. The number of halogens is 4. The number of fused-ring (bicyclic) bond motifs is 1. The third-order valence-corrected chi connectivity index (χ3v) is 5.63. The first-order valence-corrected chi connectivity index (χ1v) is 10.9. The second-order valence-corrected chi connectivity index (χ2v) is 8.54. The number of carboxylic acid groups (broad SMARTS) is 1. The molecule has 0 spiro atoms. The number of carbonyl (C=O) groups is 2. The SMILES string of the molecule is O=C(Cc1ccc(Br)cc1)Nc1nc2ccc(-c3ccncc3)cc2s1.O=C(O)C(F)(F)F. The Labute approximate surface area is 198 Å². The number of aliphatic carboxylic acids is 1. The van der Waals surface area contributed by atoms with Crippen LogP contribution >= 0.6 is 27.3 Å². The minimum atomic E-state index is -5.08. The summed E-state index contributed by atoms with van der Waals surface area (Å²) in [6.45, 7) is 0. The van der Waals surface area contributed by atoms with Gasteiger partial charge in [0.2, 0.25) is 5.91 Å². The van der Waals surface area contributed by atoms with E-state index in [1.165, 1.54) is 11.3 Å². The Balaban J connectivity index is 0.000000383. The molecule has 11 heteroatoms. The fourth-order valence-corrected chi connectivity index (χ4v) is 3.84. The van der Waals surface area contributed by atoms with Crippen LogP contribution in [0.3, 0.4) is 0 Å². The third kappa shape index (κ3) is 7.09.